The molecule has 2 heterocycles. The number of methoxy groups -OCH3 is 1. The van der Waals surface area contributed by atoms with Crippen LogP contribution >= 0.6 is 22.9 Å². The first-order chi connectivity index (χ1) is 18.9. The Labute approximate surface area is 241 Å². The Morgan fingerprint density at radius 1 is 1.12 bits per heavy atom. The van der Waals surface area contributed by atoms with Crippen LogP contribution in [0.25, 0.3) is 16.0 Å². The molecule has 14 heteroatoms. The number of halogens is 1. The van der Waals surface area contributed by atoms with Crippen molar-refractivity contribution in [2.24, 2.45) is 0 Å². The number of carbonyl (C=O) groups excluding carboxylic acids is 1. The topological polar surface area (TPSA) is 131 Å². The molecule has 2 aromatic heterocycles. The molecule has 214 valence electrons. The van der Waals surface area contributed by atoms with Crippen LogP contribution in [-0.2, 0) is 34.6 Å². The summed E-state index contributed by atoms with van der Waals surface area (Å²) in [4.78, 5) is 17.3. The van der Waals surface area contributed by atoms with Gasteiger partial charge in [-0.1, -0.05) is 35.9 Å². The van der Waals surface area contributed by atoms with Gasteiger partial charge in [-0.15, -0.1) is 11.3 Å². The number of sulfone groups is 1. The van der Waals surface area contributed by atoms with E-state index in [0.29, 0.717) is 32.4 Å². The van der Waals surface area contributed by atoms with E-state index >= 15 is 0 Å². The van der Waals surface area contributed by atoms with Gasteiger partial charge in [-0.3, -0.25) is 8.75 Å². The SMILES string of the molecule is COC(=O)c1sc(-n2cnc3ccc(CS(=O)(=O)CCCOS(C)(=O)=O)cc32)cc1O[C@H](C)c1ccccc1Cl. The normalized spacial score (nSPS) is 12.9. The minimum Gasteiger partial charge on any atom is -0.484 e. The van der Waals surface area contributed by atoms with Crippen LogP contribution in [0.4, 0.5) is 0 Å². The molecule has 0 aliphatic rings. The molecular formula is C26H27ClN2O8S3. The fourth-order valence-corrected chi connectivity index (χ4v) is 7.09. The fraction of sp³-hybridized carbons (Fsp3) is 0.308. The Morgan fingerprint density at radius 2 is 1.88 bits per heavy atom. The molecular weight excluding hydrogens is 600 g/mol. The van der Waals surface area contributed by atoms with Crippen molar-refractivity contribution in [2.45, 2.75) is 25.2 Å². The molecule has 0 bridgehead atoms. The number of ether oxygens (including phenoxy) is 2. The quantitative estimate of drug-likeness (QED) is 0.122. The lowest BCUT2D eigenvalue weighted by molar-refractivity contribution is 0.0600. The van der Waals surface area contributed by atoms with Gasteiger partial charge in [0.2, 0.25) is 0 Å². The maximum absolute atomic E-state index is 12.7. The second-order valence-electron chi connectivity index (χ2n) is 8.96. The molecule has 0 saturated heterocycles. The van der Waals surface area contributed by atoms with Crippen molar-refractivity contribution in [1.29, 1.82) is 0 Å². The lowest BCUT2D eigenvalue weighted by atomic mass is 10.1. The number of hydrogen-bond donors (Lipinski definition) is 0. The van der Waals surface area contributed by atoms with E-state index in [9.17, 15) is 21.6 Å². The van der Waals surface area contributed by atoms with Gasteiger partial charge in [-0.05, 0) is 37.1 Å². The largest absolute Gasteiger partial charge is 0.484 e. The van der Waals surface area contributed by atoms with Gasteiger partial charge in [0, 0.05) is 16.7 Å². The summed E-state index contributed by atoms with van der Waals surface area (Å²) in [6.07, 6.45) is 2.09. The molecule has 0 aliphatic carbocycles. The highest BCUT2D eigenvalue weighted by atomic mass is 35.5. The lowest BCUT2D eigenvalue weighted by Crippen LogP contribution is -2.13. The minimum atomic E-state index is -3.63. The molecule has 4 aromatic rings. The molecule has 0 N–H and O–H groups in total. The molecule has 0 fully saturated rings. The van der Waals surface area contributed by atoms with Crippen LogP contribution in [-0.4, -0.2) is 58.1 Å². The standard InChI is InChI=1S/C26H27ClN2O8S3/c1-17(19-7-4-5-8-20(19)27)37-23-14-24(38-25(23)26(30)35-2)29-16-28-21-10-9-18(13-22(21)29)15-40(33,34)12-6-11-36-39(3,31)32/h4-5,7-10,13-14,16-17H,6,11-12,15H2,1-3H3/t17-/m1/s1. The zero-order chi connectivity index (χ0) is 29.1. The van der Waals surface area contributed by atoms with Crippen LogP contribution in [0.15, 0.2) is 54.9 Å². The number of hydrogen-bond acceptors (Lipinski definition) is 10. The summed E-state index contributed by atoms with van der Waals surface area (Å²) in [5, 5.41) is 1.15. The average molecular weight is 627 g/mol. The van der Waals surface area contributed by atoms with Crippen LogP contribution in [0, 0.1) is 0 Å². The highest BCUT2D eigenvalue weighted by Crippen LogP contribution is 2.37. The molecule has 0 amide bonds. The highest BCUT2D eigenvalue weighted by molar-refractivity contribution is 7.90. The van der Waals surface area contributed by atoms with Gasteiger partial charge in [-0.2, -0.15) is 8.42 Å². The number of fused-ring (bicyclic) bond motifs is 1. The van der Waals surface area contributed by atoms with Crippen LogP contribution in [0.3, 0.4) is 0 Å². The molecule has 40 heavy (non-hydrogen) atoms. The Balaban J connectivity index is 1.60. The molecule has 0 saturated carbocycles. The number of benzene rings is 2. The van der Waals surface area contributed by atoms with E-state index in [0.717, 1.165) is 23.2 Å². The zero-order valence-corrected chi connectivity index (χ0v) is 25.1. The van der Waals surface area contributed by atoms with Gasteiger partial charge in [0.1, 0.15) is 23.2 Å². The number of nitrogens with zero attached hydrogens (tertiary/aromatic N) is 2. The third kappa shape index (κ3) is 7.40. The lowest BCUT2D eigenvalue weighted by Gasteiger charge is -2.16. The van der Waals surface area contributed by atoms with Gasteiger partial charge in [0.05, 0.1) is 42.5 Å². The zero-order valence-electron chi connectivity index (χ0n) is 21.9. The summed E-state index contributed by atoms with van der Waals surface area (Å²) >= 11 is 7.48. The Hall–Kier alpha value is -2.97. The molecule has 0 aliphatic heterocycles. The van der Waals surface area contributed by atoms with E-state index in [1.54, 1.807) is 41.2 Å². The third-order valence-corrected chi connectivity index (χ3v) is 9.55. The van der Waals surface area contributed by atoms with Crippen LogP contribution in [0.1, 0.15) is 40.2 Å². The first kappa shape index (κ1) is 30.0. The summed E-state index contributed by atoms with van der Waals surface area (Å²) in [6, 6.07) is 14.1. The highest BCUT2D eigenvalue weighted by Gasteiger charge is 2.23. The number of thiophene rings is 1. The van der Waals surface area contributed by atoms with Crippen molar-refractivity contribution >= 4 is 59.9 Å². The van der Waals surface area contributed by atoms with Crippen LogP contribution in [0.2, 0.25) is 5.02 Å². The molecule has 0 radical (unpaired) electrons. The van der Waals surface area contributed by atoms with Gasteiger partial charge in [0.15, 0.2) is 14.7 Å². The number of rotatable bonds is 12. The van der Waals surface area contributed by atoms with Gasteiger partial charge in [0.25, 0.3) is 10.1 Å². The van der Waals surface area contributed by atoms with Crippen molar-refractivity contribution in [1.82, 2.24) is 9.55 Å². The number of carbonyl (C=O) groups is 1. The Kier molecular flexibility index (Phi) is 9.20. The van der Waals surface area contributed by atoms with E-state index in [1.165, 1.54) is 7.11 Å². The maximum atomic E-state index is 12.7. The number of aromatic nitrogens is 2. The fourth-order valence-electron chi connectivity index (χ4n) is 4.00. The number of esters is 1. The first-order valence-corrected chi connectivity index (χ1v) is 16.8. The third-order valence-electron chi connectivity index (χ3n) is 5.84. The molecule has 0 spiro atoms. The smallest absolute Gasteiger partial charge is 0.351 e. The summed E-state index contributed by atoms with van der Waals surface area (Å²) in [5.41, 5.74) is 2.56. The second-order valence-corrected chi connectivity index (χ2v) is 14.2. The van der Waals surface area contributed by atoms with Crippen molar-refractivity contribution in [3.63, 3.8) is 0 Å². The molecule has 0 unspecified atom stereocenters. The van der Waals surface area contributed by atoms with Gasteiger partial charge in [-0.25, -0.2) is 18.2 Å². The van der Waals surface area contributed by atoms with Crippen molar-refractivity contribution in [3.8, 4) is 10.8 Å². The molecule has 1 atom stereocenters. The average Bonchev–Trinajstić information content (AvgIpc) is 3.49. The van der Waals surface area contributed by atoms with E-state index in [1.807, 2.05) is 25.1 Å². The maximum Gasteiger partial charge on any atom is 0.351 e. The molecule has 2 aromatic carbocycles. The van der Waals surface area contributed by atoms with E-state index in [4.69, 9.17) is 21.1 Å². The molecule has 10 nitrogen and oxygen atoms in total. The Bertz CT molecular complexity index is 1750. The second kappa shape index (κ2) is 12.3. The van der Waals surface area contributed by atoms with E-state index < -0.39 is 32.0 Å². The summed E-state index contributed by atoms with van der Waals surface area (Å²) in [5.74, 6) is -0.712. The van der Waals surface area contributed by atoms with Crippen molar-refractivity contribution in [2.75, 3.05) is 25.7 Å². The van der Waals surface area contributed by atoms with Gasteiger partial charge >= 0.3 is 5.97 Å². The summed E-state index contributed by atoms with van der Waals surface area (Å²) < 4.78 is 65.0. The van der Waals surface area contributed by atoms with Crippen LogP contribution in [0.5, 0.6) is 5.75 Å². The monoisotopic (exact) mass is 626 g/mol. The first-order valence-electron chi connectivity index (χ1n) is 12.0. The van der Waals surface area contributed by atoms with E-state index in [-0.39, 0.29) is 29.4 Å². The summed E-state index contributed by atoms with van der Waals surface area (Å²) in [6.45, 7) is 1.62. The van der Waals surface area contributed by atoms with Crippen molar-refractivity contribution in [3.05, 3.63) is 75.9 Å². The van der Waals surface area contributed by atoms with Crippen molar-refractivity contribution < 1.29 is 35.3 Å². The van der Waals surface area contributed by atoms with Crippen LogP contribution < -0.4 is 4.74 Å². The minimum absolute atomic E-state index is 0.0521. The van der Waals surface area contributed by atoms with E-state index in [2.05, 4.69) is 9.17 Å². The number of imidazole rings is 1. The predicted octanol–water partition coefficient (Wildman–Crippen LogP) is 4.95. The molecule has 4 rings (SSSR count). The predicted molar refractivity (Wildman–Crippen MR) is 154 cm³/mol. The summed E-state index contributed by atoms with van der Waals surface area (Å²) in [7, 11) is -5.88. The Morgan fingerprint density at radius 3 is 2.58 bits per heavy atom. The van der Waals surface area contributed by atoms with Gasteiger partial charge < -0.3 is 9.47 Å².